The maximum Gasteiger partial charge on any atom is 0.333 e. The molecule has 1 aromatic rings. The fourth-order valence-corrected chi connectivity index (χ4v) is 1.91. The average molecular weight is 277 g/mol. The van der Waals surface area contributed by atoms with Crippen molar-refractivity contribution in [2.24, 2.45) is 0 Å². The number of nitrogens with one attached hydrogen (secondary N) is 1. The molecule has 20 heavy (non-hydrogen) atoms. The van der Waals surface area contributed by atoms with Gasteiger partial charge >= 0.3 is 5.97 Å². The zero-order valence-corrected chi connectivity index (χ0v) is 12.4. The minimum Gasteiger partial charge on any atom is -0.466 e. The van der Waals surface area contributed by atoms with Crippen LogP contribution in [0.4, 0.5) is 0 Å². The number of rotatable bonds is 8. The van der Waals surface area contributed by atoms with Crippen LogP contribution in [0.5, 0.6) is 0 Å². The summed E-state index contributed by atoms with van der Waals surface area (Å²) in [5.74, 6) is -0.253. The summed E-state index contributed by atoms with van der Waals surface area (Å²) in [7, 11) is 3.09. The van der Waals surface area contributed by atoms with Crippen molar-refractivity contribution in [1.82, 2.24) is 5.32 Å². The van der Waals surface area contributed by atoms with Crippen LogP contribution in [0.1, 0.15) is 24.5 Å². The number of methoxy groups -OCH3 is 2. The molecule has 110 valence electrons. The molecular weight excluding hydrogens is 254 g/mol. The van der Waals surface area contributed by atoms with Gasteiger partial charge in [-0.2, -0.15) is 0 Å². The fraction of sp³-hybridized carbons (Fsp3) is 0.438. The summed E-state index contributed by atoms with van der Waals surface area (Å²) in [6.45, 7) is 3.96. The number of carbonyl (C=O) groups is 1. The van der Waals surface area contributed by atoms with Crippen molar-refractivity contribution in [3.63, 3.8) is 0 Å². The molecule has 1 N–H and O–H groups in total. The molecule has 0 spiro atoms. The first kappa shape index (κ1) is 16.4. The van der Waals surface area contributed by atoms with Crippen molar-refractivity contribution < 1.29 is 14.3 Å². The van der Waals surface area contributed by atoms with E-state index < -0.39 is 0 Å². The summed E-state index contributed by atoms with van der Waals surface area (Å²) in [5, 5.41) is 3.29. The molecule has 0 heterocycles. The normalized spacial score (nSPS) is 11.4. The van der Waals surface area contributed by atoms with Crippen molar-refractivity contribution in [2.45, 2.75) is 26.5 Å². The van der Waals surface area contributed by atoms with E-state index in [0.717, 1.165) is 12.1 Å². The van der Waals surface area contributed by atoms with Gasteiger partial charge in [0, 0.05) is 25.8 Å². The van der Waals surface area contributed by atoms with Crippen LogP contribution in [-0.4, -0.2) is 26.7 Å². The SMILES string of the molecule is CC/C(=C/CNCc1cccc(COC)c1)C(=O)OC. The van der Waals surface area contributed by atoms with Crippen molar-refractivity contribution >= 4 is 5.97 Å². The lowest BCUT2D eigenvalue weighted by Crippen LogP contribution is -2.15. The maximum atomic E-state index is 11.4. The highest BCUT2D eigenvalue weighted by molar-refractivity contribution is 5.88. The van der Waals surface area contributed by atoms with Gasteiger partial charge in [0.1, 0.15) is 0 Å². The number of hydrogen-bond acceptors (Lipinski definition) is 4. The molecule has 0 amide bonds. The van der Waals surface area contributed by atoms with Gasteiger partial charge in [-0.15, -0.1) is 0 Å². The first-order valence-corrected chi connectivity index (χ1v) is 6.76. The van der Waals surface area contributed by atoms with Gasteiger partial charge < -0.3 is 14.8 Å². The summed E-state index contributed by atoms with van der Waals surface area (Å²) in [4.78, 5) is 11.4. The Morgan fingerprint density at radius 3 is 2.70 bits per heavy atom. The van der Waals surface area contributed by atoms with Crippen molar-refractivity contribution in [1.29, 1.82) is 0 Å². The molecule has 0 saturated heterocycles. The number of hydrogen-bond donors (Lipinski definition) is 1. The van der Waals surface area contributed by atoms with E-state index in [9.17, 15) is 4.79 Å². The third-order valence-corrected chi connectivity index (χ3v) is 2.95. The molecule has 0 fully saturated rings. The Kier molecular flexibility index (Phi) is 7.62. The number of esters is 1. The standard InChI is InChI=1S/C16H23NO3/c1-4-15(16(18)20-3)8-9-17-11-13-6-5-7-14(10-13)12-19-2/h5-8,10,17H,4,9,11-12H2,1-3H3/b15-8-. The summed E-state index contributed by atoms with van der Waals surface area (Å²) < 4.78 is 9.82. The fourth-order valence-electron chi connectivity index (χ4n) is 1.91. The molecule has 0 radical (unpaired) electrons. The Morgan fingerprint density at radius 1 is 1.30 bits per heavy atom. The maximum absolute atomic E-state index is 11.4. The molecule has 0 saturated carbocycles. The monoisotopic (exact) mass is 277 g/mol. The van der Waals surface area contributed by atoms with Crippen LogP contribution in [-0.2, 0) is 27.4 Å². The molecule has 0 aliphatic heterocycles. The van der Waals surface area contributed by atoms with E-state index in [-0.39, 0.29) is 5.97 Å². The summed E-state index contributed by atoms with van der Waals surface area (Å²) in [6, 6.07) is 8.24. The van der Waals surface area contributed by atoms with Gasteiger partial charge in [0.05, 0.1) is 13.7 Å². The van der Waals surface area contributed by atoms with Crippen LogP contribution >= 0.6 is 0 Å². The van der Waals surface area contributed by atoms with Crippen LogP contribution < -0.4 is 5.32 Å². The van der Waals surface area contributed by atoms with Crippen molar-refractivity contribution in [2.75, 3.05) is 20.8 Å². The third-order valence-electron chi connectivity index (χ3n) is 2.95. The zero-order chi connectivity index (χ0) is 14.8. The quantitative estimate of drug-likeness (QED) is 0.450. The first-order chi connectivity index (χ1) is 9.71. The second kappa shape index (κ2) is 9.28. The van der Waals surface area contributed by atoms with E-state index >= 15 is 0 Å². The minimum absolute atomic E-state index is 0.253. The topological polar surface area (TPSA) is 47.6 Å². The van der Waals surface area contributed by atoms with Crippen LogP contribution in [0.3, 0.4) is 0 Å². The summed E-state index contributed by atoms with van der Waals surface area (Å²) in [5.41, 5.74) is 3.06. The van der Waals surface area contributed by atoms with Gasteiger partial charge in [-0.3, -0.25) is 0 Å². The molecular formula is C16H23NO3. The van der Waals surface area contributed by atoms with Gasteiger partial charge in [-0.1, -0.05) is 37.3 Å². The van der Waals surface area contributed by atoms with Crippen LogP contribution in [0.2, 0.25) is 0 Å². The van der Waals surface area contributed by atoms with Crippen LogP contribution in [0.15, 0.2) is 35.9 Å². The number of benzene rings is 1. The largest absolute Gasteiger partial charge is 0.466 e. The molecule has 0 aromatic heterocycles. The van der Waals surface area contributed by atoms with Crippen LogP contribution in [0.25, 0.3) is 0 Å². The molecule has 4 nitrogen and oxygen atoms in total. The lowest BCUT2D eigenvalue weighted by atomic mass is 10.1. The minimum atomic E-state index is -0.253. The van der Waals surface area contributed by atoms with E-state index in [1.807, 2.05) is 25.1 Å². The van der Waals surface area contributed by atoms with E-state index in [1.54, 1.807) is 7.11 Å². The number of carbonyl (C=O) groups excluding carboxylic acids is 1. The molecule has 0 atom stereocenters. The van der Waals surface area contributed by atoms with Gasteiger partial charge in [0.25, 0.3) is 0 Å². The Balaban J connectivity index is 2.45. The summed E-state index contributed by atoms with van der Waals surface area (Å²) in [6.07, 6.45) is 2.56. The Bertz CT molecular complexity index is 455. The third kappa shape index (κ3) is 5.55. The van der Waals surface area contributed by atoms with E-state index in [0.29, 0.717) is 25.1 Å². The Hall–Kier alpha value is -1.65. The zero-order valence-electron chi connectivity index (χ0n) is 12.4. The highest BCUT2D eigenvalue weighted by atomic mass is 16.5. The van der Waals surface area contributed by atoms with E-state index in [1.165, 1.54) is 12.7 Å². The average Bonchev–Trinajstić information content (AvgIpc) is 2.47. The van der Waals surface area contributed by atoms with Gasteiger partial charge in [-0.25, -0.2) is 4.79 Å². The molecule has 1 aromatic carbocycles. The van der Waals surface area contributed by atoms with Gasteiger partial charge in [0.15, 0.2) is 0 Å². The van der Waals surface area contributed by atoms with Crippen molar-refractivity contribution in [3.05, 3.63) is 47.0 Å². The summed E-state index contributed by atoms with van der Waals surface area (Å²) >= 11 is 0. The number of ether oxygens (including phenoxy) is 2. The first-order valence-electron chi connectivity index (χ1n) is 6.76. The Morgan fingerprint density at radius 2 is 2.05 bits per heavy atom. The second-order valence-electron chi connectivity index (χ2n) is 4.46. The predicted octanol–water partition coefficient (Wildman–Crippen LogP) is 2.43. The second-order valence-corrected chi connectivity index (χ2v) is 4.46. The van der Waals surface area contributed by atoms with Crippen molar-refractivity contribution in [3.8, 4) is 0 Å². The Labute approximate surface area is 120 Å². The molecule has 0 bridgehead atoms. The molecule has 0 aliphatic carbocycles. The lowest BCUT2D eigenvalue weighted by molar-refractivity contribution is -0.136. The van der Waals surface area contributed by atoms with Crippen LogP contribution in [0, 0.1) is 0 Å². The van der Waals surface area contributed by atoms with E-state index in [4.69, 9.17) is 9.47 Å². The smallest absolute Gasteiger partial charge is 0.333 e. The van der Waals surface area contributed by atoms with Gasteiger partial charge in [-0.05, 0) is 17.5 Å². The lowest BCUT2D eigenvalue weighted by Gasteiger charge is -2.06. The molecule has 1 rings (SSSR count). The van der Waals surface area contributed by atoms with Gasteiger partial charge in [0.2, 0.25) is 0 Å². The predicted molar refractivity (Wildman–Crippen MR) is 79.3 cm³/mol. The van der Waals surface area contributed by atoms with E-state index in [2.05, 4.69) is 17.4 Å². The highest BCUT2D eigenvalue weighted by Crippen LogP contribution is 2.06. The molecule has 0 unspecified atom stereocenters. The molecule has 4 heteroatoms. The highest BCUT2D eigenvalue weighted by Gasteiger charge is 2.05. The molecule has 0 aliphatic rings.